The van der Waals surface area contributed by atoms with Crippen LogP contribution in [-0.4, -0.2) is 61.1 Å². The van der Waals surface area contributed by atoms with Crippen molar-refractivity contribution < 1.29 is 34.3 Å². The van der Waals surface area contributed by atoms with Gasteiger partial charge in [0.25, 0.3) is 0 Å². The van der Waals surface area contributed by atoms with E-state index in [1.807, 2.05) is 0 Å². The first-order chi connectivity index (χ1) is 13.1. The van der Waals surface area contributed by atoms with Gasteiger partial charge in [0, 0.05) is 17.9 Å². The van der Waals surface area contributed by atoms with Crippen LogP contribution in [0.2, 0.25) is 0 Å². The van der Waals surface area contributed by atoms with Crippen LogP contribution in [-0.2, 0) is 14.2 Å². The maximum absolute atomic E-state index is 11.4. The van der Waals surface area contributed by atoms with Gasteiger partial charge in [-0.25, -0.2) is 4.79 Å². The second-order valence-electron chi connectivity index (χ2n) is 7.63. The monoisotopic (exact) mass is 386 g/mol. The van der Waals surface area contributed by atoms with Gasteiger partial charge in [0.15, 0.2) is 0 Å². The topological polar surface area (TPSA) is 105 Å². The van der Waals surface area contributed by atoms with Crippen LogP contribution >= 0.6 is 0 Å². The summed E-state index contributed by atoms with van der Waals surface area (Å²) in [7, 11) is 0. The minimum atomic E-state index is -0.626. The molecule has 1 fully saturated rings. The average molecular weight is 386 g/mol. The van der Waals surface area contributed by atoms with Gasteiger partial charge in [-0.15, -0.1) is 0 Å². The van der Waals surface area contributed by atoms with Crippen molar-refractivity contribution in [1.29, 1.82) is 0 Å². The van der Waals surface area contributed by atoms with E-state index in [2.05, 4.69) is 6.08 Å². The molecule has 3 N–H and O–H groups in total. The van der Waals surface area contributed by atoms with Crippen molar-refractivity contribution in [3.63, 3.8) is 0 Å². The van der Waals surface area contributed by atoms with E-state index in [-0.39, 0.29) is 31.2 Å². The van der Waals surface area contributed by atoms with E-state index >= 15 is 0 Å². The second-order valence-corrected chi connectivity index (χ2v) is 7.63. The van der Waals surface area contributed by atoms with Crippen molar-refractivity contribution in [3.8, 4) is 0 Å². The maximum Gasteiger partial charge on any atom is 0.508 e. The van der Waals surface area contributed by atoms with Crippen LogP contribution in [0.4, 0.5) is 4.79 Å². The zero-order valence-corrected chi connectivity index (χ0v) is 16.1. The summed E-state index contributed by atoms with van der Waals surface area (Å²) in [5.74, 6) is 1.55. The number of fused-ring (bicyclic) bond motifs is 2. The lowest BCUT2D eigenvalue weighted by atomic mass is 9.77. The Morgan fingerprint density at radius 3 is 2.15 bits per heavy atom. The number of hydrogen-bond donors (Lipinski definition) is 3. The van der Waals surface area contributed by atoms with Crippen LogP contribution in [0.1, 0.15) is 51.4 Å². The molecule has 7 nitrogen and oxygen atoms in total. The predicted octanol–water partition coefficient (Wildman–Crippen LogP) is 2.38. The molecule has 0 spiro atoms. The minimum Gasteiger partial charge on any atom is -0.498 e. The van der Waals surface area contributed by atoms with Gasteiger partial charge in [0.05, 0.1) is 38.8 Å². The first-order valence-electron chi connectivity index (χ1n) is 10.1. The molecule has 0 aromatic rings. The molecule has 0 radical (unpaired) electrons. The molecule has 1 saturated carbocycles. The van der Waals surface area contributed by atoms with Gasteiger partial charge in [-0.05, 0) is 63.4 Å². The van der Waals surface area contributed by atoms with E-state index in [1.54, 1.807) is 0 Å². The number of rotatable bonds is 14. The quantitative estimate of drug-likeness (QED) is 0.311. The lowest BCUT2D eigenvalue weighted by molar-refractivity contribution is 0.0265. The van der Waals surface area contributed by atoms with E-state index in [0.29, 0.717) is 25.7 Å². The summed E-state index contributed by atoms with van der Waals surface area (Å²) in [6, 6.07) is 0. The summed E-state index contributed by atoms with van der Waals surface area (Å²) >= 11 is 0. The smallest absolute Gasteiger partial charge is 0.498 e. The van der Waals surface area contributed by atoms with Gasteiger partial charge in [-0.1, -0.05) is 0 Å². The zero-order valence-electron chi connectivity index (χ0n) is 16.1. The van der Waals surface area contributed by atoms with Gasteiger partial charge >= 0.3 is 6.16 Å². The number of carbonyl (C=O) groups excluding carboxylic acids is 1. The van der Waals surface area contributed by atoms with Crippen LogP contribution < -0.4 is 0 Å². The van der Waals surface area contributed by atoms with Crippen LogP contribution in [0.3, 0.4) is 0 Å². The Kier molecular flexibility index (Phi) is 9.38. The number of hydrogen-bond acceptors (Lipinski definition) is 7. The molecule has 2 bridgehead atoms. The van der Waals surface area contributed by atoms with Crippen LogP contribution in [0, 0.1) is 17.3 Å². The first kappa shape index (κ1) is 22.0. The number of aliphatic hydroxyl groups is 3. The SMILES string of the molecule is O=C(OCCCCCO)OCCCCCOC1=CC2CC1CC2(CO)CO. The average Bonchev–Trinajstić information content (AvgIpc) is 3.25. The molecule has 0 aliphatic heterocycles. The predicted molar refractivity (Wildman–Crippen MR) is 98.9 cm³/mol. The molecule has 7 heteroatoms. The first-order valence-corrected chi connectivity index (χ1v) is 10.1. The molecular weight excluding hydrogens is 352 g/mol. The van der Waals surface area contributed by atoms with E-state index in [9.17, 15) is 15.0 Å². The molecule has 2 aliphatic rings. The summed E-state index contributed by atoms with van der Waals surface area (Å²) in [6.45, 7) is 1.53. The second kappa shape index (κ2) is 11.5. The highest BCUT2D eigenvalue weighted by molar-refractivity contribution is 5.59. The standard InChI is InChI=1S/C20H34O7/c21-7-3-1-4-9-26-19(24)27-10-6-2-5-8-25-18-12-17-11-16(18)13-20(17,14-22)15-23/h12,16-17,21-23H,1-11,13-15H2. The Morgan fingerprint density at radius 2 is 1.59 bits per heavy atom. The van der Waals surface area contributed by atoms with Crippen LogP contribution in [0.25, 0.3) is 0 Å². The van der Waals surface area contributed by atoms with Gasteiger partial charge < -0.3 is 29.5 Å². The largest absolute Gasteiger partial charge is 0.508 e. The number of aliphatic hydroxyl groups excluding tert-OH is 3. The van der Waals surface area contributed by atoms with Crippen molar-refractivity contribution in [1.82, 2.24) is 0 Å². The third-order valence-corrected chi connectivity index (χ3v) is 5.68. The highest BCUT2D eigenvalue weighted by Crippen LogP contribution is 2.54. The molecule has 2 aliphatic carbocycles. The fourth-order valence-electron chi connectivity index (χ4n) is 3.97. The lowest BCUT2D eigenvalue weighted by Crippen LogP contribution is -2.34. The van der Waals surface area contributed by atoms with Crippen molar-refractivity contribution in [2.45, 2.75) is 51.4 Å². The van der Waals surface area contributed by atoms with E-state index in [1.165, 1.54) is 0 Å². The third kappa shape index (κ3) is 6.36. The number of allylic oxidation sites excluding steroid dienone is 2. The fraction of sp³-hybridized carbons (Fsp3) is 0.850. The summed E-state index contributed by atoms with van der Waals surface area (Å²) in [5.41, 5.74) is -0.359. The summed E-state index contributed by atoms with van der Waals surface area (Å²) in [6.07, 6.45) is 8.08. The molecule has 2 atom stereocenters. The van der Waals surface area contributed by atoms with Crippen molar-refractivity contribution in [2.75, 3.05) is 39.6 Å². The third-order valence-electron chi connectivity index (χ3n) is 5.68. The molecule has 0 amide bonds. The van der Waals surface area contributed by atoms with Crippen LogP contribution in [0.15, 0.2) is 11.8 Å². The molecule has 27 heavy (non-hydrogen) atoms. The van der Waals surface area contributed by atoms with Gasteiger partial charge in [-0.3, -0.25) is 0 Å². The van der Waals surface area contributed by atoms with Crippen molar-refractivity contribution in [2.24, 2.45) is 17.3 Å². The van der Waals surface area contributed by atoms with Crippen molar-refractivity contribution >= 4 is 6.16 Å². The van der Waals surface area contributed by atoms with Gasteiger partial charge in [0.2, 0.25) is 0 Å². The molecule has 0 saturated heterocycles. The summed E-state index contributed by atoms with van der Waals surface area (Å²) < 4.78 is 15.8. The molecule has 0 aromatic carbocycles. The summed E-state index contributed by atoms with van der Waals surface area (Å²) in [4.78, 5) is 11.4. The Morgan fingerprint density at radius 1 is 0.963 bits per heavy atom. The number of carbonyl (C=O) groups is 1. The zero-order chi connectivity index (χ0) is 19.5. The minimum absolute atomic E-state index is 0.0273. The normalized spacial score (nSPS) is 22.6. The fourth-order valence-corrected chi connectivity index (χ4v) is 3.97. The van der Waals surface area contributed by atoms with Crippen molar-refractivity contribution in [3.05, 3.63) is 11.8 Å². The van der Waals surface area contributed by atoms with Crippen LogP contribution in [0.5, 0.6) is 0 Å². The number of ether oxygens (including phenoxy) is 3. The molecular formula is C20H34O7. The molecule has 0 heterocycles. The lowest BCUT2D eigenvalue weighted by Gasteiger charge is -2.32. The van der Waals surface area contributed by atoms with E-state index < -0.39 is 6.16 Å². The van der Waals surface area contributed by atoms with Gasteiger partial charge in [-0.2, -0.15) is 0 Å². The van der Waals surface area contributed by atoms with E-state index in [4.69, 9.17) is 19.3 Å². The van der Waals surface area contributed by atoms with E-state index in [0.717, 1.165) is 57.1 Å². The Hall–Kier alpha value is -1.31. The summed E-state index contributed by atoms with van der Waals surface area (Å²) in [5, 5.41) is 27.8. The highest BCUT2D eigenvalue weighted by atomic mass is 16.7. The Labute approximate surface area is 161 Å². The molecule has 0 aromatic heterocycles. The molecule has 2 rings (SSSR count). The van der Waals surface area contributed by atoms with Gasteiger partial charge in [0.1, 0.15) is 0 Å². The Balaban J connectivity index is 1.46. The maximum atomic E-state index is 11.4. The number of unbranched alkanes of at least 4 members (excludes halogenated alkanes) is 4. The Bertz CT molecular complexity index is 473. The molecule has 2 unspecified atom stereocenters. The highest BCUT2D eigenvalue weighted by Gasteiger charge is 2.51. The molecule has 156 valence electrons.